The molecule has 0 fully saturated rings. The van der Waals surface area contributed by atoms with Crippen molar-refractivity contribution in [3.63, 3.8) is 0 Å². The third-order valence-corrected chi connectivity index (χ3v) is 4.45. The number of aromatic nitrogens is 2. The second-order valence-electron chi connectivity index (χ2n) is 7.11. The number of nitrogens with zero attached hydrogens (tertiary/aromatic N) is 3. The van der Waals surface area contributed by atoms with Crippen molar-refractivity contribution < 1.29 is 14.1 Å². The Morgan fingerprint density at radius 1 is 1.14 bits per heavy atom. The van der Waals surface area contributed by atoms with Crippen molar-refractivity contribution in [1.82, 2.24) is 15.0 Å². The van der Waals surface area contributed by atoms with E-state index in [1.54, 1.807) is 45.2 Å². The van der Waals surface area contributed by atoms with E-state index in [2.05, 4.69) is 10.1 Å². The lowest BCUT2D eigenvalue weighted by Gasteiger charge is -2.29. The van der Waals surface area contributed by atoms with Crippen molar-refractivity contribution >= 4 is 17.5 Å². The third-order valence-electron chi connectivity index (χ3n) is 4.20. The SMILES string of the molecule is Cc1ccc(-c2noc(CN(C)C(=O)C(C)(C)Oc3ccc(Cl)cc3)n2)cc1. The molecule has 0 bridgehead atoms. The Morgan fingerprint density at radius 2 is 1.79 bits per heavy atom. The maximum Gasteiger partial charge on any atom is 0.266 e. The van der Waals surface area contributed by atoms with Gasteiger partial charge in [0.25, 0.3) is 5.91 Å². The molecule has 7 heteroatoms. The van der Waals surface area contributed by atoms with Crippen molar-refractivity contribution in [2.45, 2.75) is 32.9 Å². The van der Waals surface area contributed by atoms with Gasteiger partial charge in [-0.05, 0) is 45.0 Å². The van der Waals surface area contributed by atoms with Crippen molar-refractivity contribution in [2.75, 3.05) is 7.05 Å². The summed E-state index contributed by atoms with van der Waals surface area (Å²) in [4.78, 5) is 18.7. The lowest BCUT2D eigenvalue weighted by Crippen LogP contribution is -2.47. The molecule has 2 aromatic carbocycles. The summed E-state index contributed by atoms with van der Waals surface area (Å²) in [7, 11) is 1.67. The van der Waals surface area contributed by atoms with Gasteiger partial charge in [0.2, 0.25) is 11.7 Å². The van der Waals surface area contributed by atoms with Gasteiger partial charge in [-0.1, -0.05) is 46.6 Å². The van der Waals surface area contributed by atoms with E-state index in [9.17, 15) is 4.79 Å². The Labute approximate surface area is 169 Å². The van der Waals surface area contributed by atoms with Crippen LogP contribution in [0.3, 0.4) is 0 Å². The van der Waals surface area contributed by atoms with Crippen LogP contribution in [-0.4, -0.2) is 33.6 Å². The Balaban J connectivity index is 1.66. The molecule has 146 valence electrons. The quantitative estimate of drug-likeness (QED) is 0.609. The fourth-order valence-electron chi connectivity index (χ4n) is 2.71. The molecule has 0 saturated carbocycles. The predicted octanol–water partition coefficient (Wildman–Crippen LogP) is 4.51. The average Bonchev–Trinajstić information content (AvgIpc) is 3.11. The van der Waals surface area contributed by atoms with Crippen molar-refractivity contribution in [1.29, 1.82) is 0 Å². The zero-order chi connectivity index (χ0) is 20.3. The topological polar surface area (TPSA) is 68.5 Å². The lowest BCUT2D eigenvalue weighted by molar-refractivity contribution is -0.145. The Morgan fingerprint density at radius 3 is 2.43 bits per heavy atom. The number of hydrogen-bond donors (Lipinski definition) is 0. The number of likely N-dealkylation sites (N-methyl/N-ethyl adjacent to an activating group) is 1. The summed E-state index contributed by atoms with van der Waals surface area (Å²) in [6.45, 7) is 5.63. The molecule has 0 saturated heterocycles. The molecule has 1 aromatic heterocycles. The number of halogens is 1. The standard InChI is InChI=1S/C21H22ClN3O3/c1-14-5-7-15(8-6-14)19-23-18(28-24-19)13-25(4)20(26)21(2,3)27-17-11-9-16(22)10-12-17/h5-12H,13H2,1-4H3. The molecule has 1 heterocycles. The highest BCUT2D eigenvalue weighted by molar-refractivity contribution is 6.30. The summed E-state index contributed by atoms with van der Waals surface area (Å²) < 4.78 is 11.2. The second-order valence-corrected chi connectivity index (χ2v) is 7.54. The van der Waals surface area contributed by atoms with E-state index in [4.69, 9.17) is 20.9 Å². The Kier molecular flexibility index (Phi) is 5.70. The maximum absolute atomic E-state index is 12.8. The first-order valence-electron chi connectivity index (χ1n) is 8.84. The van der Waals surface area contributed by atoms with Gasteiger partial charge in [-0.2, -0.15) is 4.98 Å². The van der Waals surface area contributed by atoms with E-state index in [1.165, 1.54) is 4.90 Å². The van der Waals surface area contributed by atoms with Gasteiger partial charge in [-0.3, -0.25) is 4.79 Å². The van der Waals surface area contributed by atoms with Crippen LogP contribution >= 0.6 is 11.6 Å². The Hall–Kier alpha value is -2.86. The molecule has 0 unspecified atom stereocenters. The molecule has 28 heavy (non-hydrogen) atoms. The highest BCUT2D eigenvalue weighted by Gasteiger charge is 2.33. The van der Waals surface area contributed by atoms with Crippen LogP contribution in [0.5, 0.6) is 5.75 Å². The molecule has 6 nitrogen and oxygen atoms in total. The summed E-state index contributed by atoms with van der Waals surface area (Å²) in [6, 6.07) is 14.7. The van der Waals surface area contributed by atoms with Crippen LogP contribution in [0.25, 0.3) is 11.4 Å². The normalized spacial score (nSPS) is 11.3. The monoisotopic (exact) mass is 399 g/mol. The minimum Gasteiger partial charge on any atom is -0.478 e. The van der Waals surface area contributed by atoms with Gasteiger partial charge in [0.1, 0.15) is 5.75 Å². The van der Waals surface area contributed by atoms with E-state index in [1.807, 2.05) is 31.2 Å². The zero-order valence-electron chi connectivity index (χ0n) is 16.3. The molecule has 0 atom stereocenters. The van der Waals surface area contributed by atoms with Gasteiger partial charge in [0.15, 0.2) is 5.60 Å². The van der Waals surface area contributed by atoms with Crippen molar-refractivity contribution in [3.8, 4) is 17.1 Å². The van der Waals surface area contributed by atoms with Crippen LogP contribution in [0.1, 0.15) is 25.3 Å². The summed E-state index contributed by atoms with van der Waals surface area (Å²) in [5.41, 5.74) is 0.948. The zero-order valence-corrected chi connectivity index (χ0v) is 17.0. The number of amides is 1. The molecule has 3 aromatic rings. The summed E-state index contributed by atoms with van der Waals surface area (Å²) >= 11 is 5.89. The van der Waals surface area contributed by atoms with Crippen LogP contribution in [0.2, 0.25) is 5.02 Å². The number of ether oxygens (including phenoxy) is 1. The molecular weight excluding hydrogens is 378 g/mol. The number of aryl methyl sites for hydroxylation is 1. The minimum absolute atomic E-state index is 0.186. The van der Waals surface area contributed by atoms with Gasteiger partial charge in [0.05, 0.1) is 6.54 Å². The predicted molar refractivity (Wildman–Crippen MR) is 107 cm³/mol. The van der Waals surface area contributed by atoms with Crippen molar-refractivity contribution in [2.24, 2.45) is 0 Å². The van der Waals surface area contributed by atoms with Crippen LogP contribution in [0.15, 0.2) is 53.1 Å². The molecule has 0 aliphatic rings. The third kappa shape index (κ3) is 4.70. The van der Waals surface area contributed by atoms with Gasteiger partial charge in [-0.15, -0.1) is 0 Å². The first kappa shape index (κ1) is 19.9. The minimum atomic E-state index is -1.07. The second kappa shape index (κ2) is 8.02. The molecule has 0 spiro atoms. The largest absolute Gasteiger partial charge is 0.478 e. The van der Waals surface area contributed by atoms with Gasteiger partial charge >= 0.3 is 0 Å². The molecular formula is C21H22ClN3O3. The average molecular weight is 400 g/mol. The molecule has 0 aliphatic heterocycles. The number of carbonyl (C=O) groups excluding carboxylic acids is 1. The van der Waals surface area contributed by atoms with Crippen LogP contribution < -0.4 is 4.74 Å². The summed E-state index contributed by atoms with van der Waals surface area (Å²) in [5, 5.41) is 4.60. The molecule has 0 aliphatic carbocycles. The molecule has 0 N–H and O–H groups in total. The van der Waals surface area contributed by atoms with Crippen LogP contribution in [-0.2, 0) is 11.3 Å². The number of carbonyl (C=O) groups is 1. The van der Waals surface area contributed by atoms with Gasteiger partial charge < -0.3 is 14.2 Å². The van der Waals surface area contributed by atoms with E-state index in [-0.39, 0.29) is 12.5 Å². The first-order valence-corrected chi connectivity index (χ1v) is 9.22. The van der Waals surface area contributed by atoms with Crippen LogP contribution in [0.4, 0.5) is 0 Å². The summed E-state index contributed by atoms with van der Waals surface area (Å²) in [6.07, 6.45) is 0. The lowest BCUT2D eigenvalue weighted by atomic mass is 10.1. The molecule has 3 rings (SSSR count). The molecule has 1 amide bonds. The van der Waals surface area contributed by atoms with E-state index >= 15 is 0 Å². The van der Waals surface area contributed by atoms with Crippen LogP contribution in [0, 0.1) is 6.92 Å². The fourth-order valence-corrected chi connectivity index (χ4v) is 2.84. The smallest absolute Gasteiger partial charge is 0.266 e. The van der Waals surface area contributed by atoms with Crippen molar-refractivity contribution in [3.05, 3.63) is 65.0 Å². The highest BCUT2D eigenvalue weighted by Crippen LogP contribution is 2.23. The first-order chi connectivity index (χ1) is 13.2. The summed E-state index contributed by atoms with van der Waals surface area (Å²) in [5.74, 6) is 1.20. The van der Waals surface area contributed by atoms with E-state index in [0.717, 1.165) is 11.1 Å². The fraction of sp³-hybridized carbons (Fsp3) is 0.286. The number of hydrogen-bond acceptors (Lipinski definition) is 5. The van der Waals surface area contributed by atoms with Gasteiger partial charge in [0, 0.05) is 17.6 Å². The highest BCUT2D eigenvalue weighted by atomic mass is 35.5. The van der Waals surface area contributed by atoms with E-state index < -0.39 is 5.60 Å². The maximum atomic E-state index is 12.8. The number of rotatable bonds is 6. The Bertz CT molecular complexity index is 950. The van der Waals surface area contributed by atoms with E-state index in [0.29, 0.717) is 22.5 Å². The molecule has 0 radical (unpaired) electrons. The van der Waals surface area contributed by atoms with Gasteiger partial charge in [-0.25, -0.2) is 0 Å². The number of benzene rings is 2.